The normalized spacial score (nSPS) is 20.0. The molecule has 88 valence electrons. The second kappa shape index (κ2) is 5.01. The summed E-state index contributed by atoms with van der Waals surface area (Å²) in [5.74, 6) is 0.818. The Morgan fingerprint density at radius 3 is 3.12 bits per heavy atom. The molecule has 1 saturated heterocycles. The topological polar surface area (TPSA) is 51.4 Å². The third-order valence-electron chi connectivity index (χ3n) is 2.72. The molecule has 1 atom stereocenters. The number of nitrogens with two attached hydrogens (primary N) is 1. The average Bonchev–Trinajstić information content (AvgIpc) is 2.70. The lowest BCUT2D eigenvalue weighted by Crippen LogP contribution is -2.29. The first kappa shape index (κ1) is 11.7. The molecule has 2 rings (SSSR count). The van der Waals surface area contributed by atoms with Crippen LogP contribution in [0.3, 0.4) is 0 Å². The molecular formula is C11H16BrN3O. The maximum atomic E-state index is 5.92. The molecule has 0 saturated carbocycles. The molecule has 5 heteroatoms. The summed E-state index contributed by atoms with van der Waals surface area (Å²) in [6.45, 7) is 1.72. The van der Waals surface area contributed by atoms with Crippen molar-refractivity contribution in [2.45, 2.75) is 18.9 Å². The number of likely N-dealkylation sites (N-methyl/N-ethyl adjacent to an activating group) is 1. The summed E-state index contributed by atoms with van der Waals surface area (Å²) in [7, 11) is 1.99. The standard InChI is InChI=1S/C11H16BrN3O/c1-15(7-9-3-2-4-16-9)11-10(13)5-8(12)6-14-11/h5-6,9H,2-4,7,13H2,1H3. The highest BCUT2D eigenvalue weighted by Gasteiger charge is 2.19. The second-order valence-corrected chi connectivity index (χ2v) is 5.00. The number of pyridine rings is 1. The van der Waals surface area contributed by atoms with Gasteiger partial charge in [-0.1, -0.05) is 0 Å². The van der Waals surface area contributed by atoms with E-state index < -0.39 is 0 Å². The lowest BCUT2D eigenvalue weighted by atomic mass is 10.2. The largest absolute Gasteiger partial charge is 0.396 e. The van der Waals surface area contributed by atoms with Crippen molar-refractivity contribution >= 4 is 27.4 Å². The van der Waals surface area contributed by atoms with Gasteiger partial charge < -0.3 is 15.4 Å². The van der Waals surface area contributed by atoms with Crippen LogP contribution in [0.15, 0.2) is 16.7 Å². The smallest absolute Gasteiger partial charge is 0.151 e. The highest BCUT2D eigenvalue weighted by Crippen LogP contribution is 2.24. The highest BCUT2D eigenvalue weighted by atomic mass is 79.9. The van der Waals surface area contributed by atoms with Crippen molar-refractivity contribution in [3.8, 4) is 0 Å². The lowest BCUT2D eigenvalue weighted by Gasteiger charge is -2.22. The average molecular weight is 286 g/mol. The third kappa shape index (κ3) is 2.65. The van der Waals surface area contributed by atoms with Gasteiger partial charge in [0.05, 0.1) is 11.8 Å². The van der Waals surface area contributed by atoms with Gasteiger partial charge in [-0.25, -0.2) is 4.98 Å². The maximum Gasteiger partial charge on any atom is 0.151 e. The van der Waals surface area contributed by atoms with Gasteiger partial charge in [-0.15, -0.1) is 0 Å². The fourth-order valence-corrected chi connectivity index (χ4v) is 2.30. The molecule has 16 heavy (non-hydrogen) atoms. The van der Waals surface area contributed by atoms with E-state index in [1.54, 1.807) is 6.20 Å². The van der Waals surface area contributed by atoms with E-state index in [1.807, 2.05) is 13.1 Å². The Balaban J connectivity index is 2.04. The van der Waals surface area contributed by atoms with E-state index in [0.717, 1.165) is 36.3 Å². The van der Waals surface area contributed by atoms with Crippen molar-refractivity contribution in [1.29, 1.82) is 0 Å². The summed E-state index contributed by atoms with van der Waals surface area (Å²) >= 11 is 3.35. The summed E-state index contributed by atoms with van der Waals surface area (Å²) in [5.41, 5.74) is 6.61. The van der Waals surface area contributed by atoms with Crippen LogP contribution in [0.2, 0.25) is 0 Å². The molecule has 0 spiro atoms. The van der Waals surface area contributed by atoms with E-state index in [9.17, 15) is 0 Å². The predicted octanol–water partition coefficient (Wildman–Crippen LogP) is 2.04. The summed E-state index contributed by atoms with van der Waals surface area (Å²) in [4.78, 5) is 6.37. The predicted molar refractivity (Wildman–Crippen MR) is 68.6 cm³/mol. The summed E-state index contributed by atoms with van der Waals surface area (Å²) in [5, 5.41) is 0. The summed E-state index contributed by atoms with van der Waals surface area (Å²) in [6.07, 6.45) is 4.36. The van der Waals surface area contributed by atoms with Crippen LogP contribution in [-0.4, -0.2) is 31.3 Å². The number of aromatic nitrogens is 1. The van der Waals surface area contributed by atoms with Crippen molar-refractivity contribution in [3.05, 3.63) is 16.7 Å². The Labute approximate surface area is 104 Å². The SMILES string of the molecule is CN(CC1CCCO1)c1ncc(Br)cc1N. The maximum absolute atomic E-state index is 5.92. The van der Waals surface area contributed by atoms with Crippen LogP contribution >= 0.6 is 15.9 Å². The van der Waals surface area contributed by atoms with Crippen LogP contribution in [0, 0.1) is 0 Å². The van der Waals surface area contributed by atoms with Gasteiger partial charge in [-0.3, -0.25) is 0 Å². The van der Waals surface area contributed by atoms with Gasteiger partial charge >= 0.3 is 0 Å². The molecule has 1 aromatic rings. The molecule has 1 fully saturated rings. The number of halogens is 1. The minimum absolute atomic E-state index is 0.315. The molecule has 0 aliphatic carbocycles. The second-order valence-electron chi connectivity index (χ2n) is 4.08. The highest BCUT2D eigenvalue weighted by molar-refractivity contribution is 9.10. The Morgan fingerprint density at radius 2 is 2.50 bits per heavy atom. The zero-order chi connectivity index (χ0) is 11.5. The van der Waals surface area contributed by atoms with Crippen LogP contribution in [0.4, 0.5) is 11.5 Å². The van der Waals surface area contributed by atoms with Crippen molar-refractivity contribution in [3.63, 3.8) is 0 Å². The third-order valence-corrected chi connectivity index (χ3v) is 3.16. The Bertz CT molecular complexity index is 366. The van der Waals surface area contributed by atoms with Crippen LogP contribution < -0.4 is 10.6 Å². The molecule has 1 aliphatic heterocycles. The molecule has 1 unspecified atom stereocenters. The number of ether oxygens (including phenoxy) is 1. The first-order valence-corrected chi connectivity index (χ1v) is 6.20. The number of nitrogens with zero attached hydrogens (tertiary/aromatic N) is 2. The molecule has 4 nitrogen and oxygen atoms in total. The van der Waals surface area contributed by atoms with E-state index in [0.29, 0.717) is 11.8 Å². The Kier molecular flexibility index (Phi) is 3.66. The van der Waals surface area contributed by atoms with Crippen molar-refractivity contribution < 1.29 is 4.74 Å². The van der Waals surface area contributed by atoms with E-state index in [4.69, 9.17) is 10.5 Å². The lowest BCUT2D eigenvalue weighted by molar-refractivity contribution is 0.116. The number of rotatable bonds is 3. The number of hydrogen-bond donors (Lipinski definition) is 1. The zero-order valence-corrected chi connectivity index (χ0v) is 10.9. The molecule has 2 heterocycles. The van der Waals surface area contributed by atoms with E-state index in [2.05, 4.69) is 25.8 Å². The molecule has 1 aromatic heterocycles. The fourth-order valence-electron chi connectivity index (χ4n) is 1.95. The van der Waals surface area contributed by atoms with Gasteiger partial charge in [0.15, 0.2) is 5.82 Å². The number of nitrogen functional groups attached to an aromatic ring is 1. The molecule has 1 aliphatic rings. The molecular weight excluding hydrogens is 270 g/mol. The molecule has 2 N–H and O–H groups in total. The van der Waals surface area contributed by atoms with Crippen LogP contribution in [-0.2, 0) is 4.74 Å². The Hall–Kier alpha value is -0.810. The van der Waals surface area contributed by atoms with Crippen molar-refractivity contribution in [2.75, 3.05) is 30.8 Å². The van der Waals surface area contributed by atoms with Crippen molar-refractivity contribution in [2.24, 2.45) is 0 Å². The first-order chi connectivity index (χ1) is 7.66. The summed E-state index contributed by atoms with van der Waals surface area (Å²) < 4.78 is 6.49. The van der Waals surface area contributed by atoms with Crippen LogP contribution in [0.5, 0.6) is 0 Å². The number of anilines is 2. The van der Waals surface area contributed by atoms with Gasteiger partial charge in [0.2, 0.25) is 0 Å². The molecule has 0 bridgehead atoms. The molecule has 0 aromatic carbocycles. The minimum atomic E-state index is 0.315. The fraction of sp³-hybridized carbons (Fsp3) is 0.545. The minimum Gasteiger partial charge on any atom is -0.396 e. The van der Waals surface area contributed by atoms with Gasteiger partial charge in [0.1, 0.15) is 0 Å². The monoisotopic (exact) mass is 285 g/mol. The van der Waals surface area contributed by atoms with Gasteiger partial charge in [0.25, 0.3) is 0 Å². The van der Waals surface area contributed by atoms with Gasteiger partial charge in [0, 0.05) is 30.9 Å². The van der Waals surface area contributed by atoms with Gasteiger partial charge in [-0.05, 0) is 34.8 Å². The quantitative estimate of drug-likeness (QED) is 0.924. The number of hydrogen-bond acceptors (Lipinski definition) is 4. The van der Waals surface area contributed by atoms with Gasteiger partial charge in [-0.2, -0.15) is 0 Å². The van der Waals surface area contributed by atoms with E-state index in [1.165, 1.54) is 0 Å². The van der Waals surface area contributed by atoms with E-state index in [-0.39, 0.29) is 0 Å². The van der Waals surface area contributed by atoms with E-state index >= 15 is 0 Å². The zero-order valence-electron chi connectivity index (χ0n) is 9.32. The molecule has 0 radical (unpaired) electrons. The first-order valence-electron chi connectivity index (χ1n) is 5.40. The van der Waals surface area contributed by atoms with Crippen molar-refractivity contribution in [1.82, 2.24) is 4.98 Å². The molecule has 0 amide bonds. The van der Waals surface area contributed by atoms with Crippen LogP contribution in [0.25, 0.3) is 0 Å². The van der Waals surface area contributed by atoms with Crippen LogP contribution in [0.1, 0.15) is 12.8 Å². The summed E-state index contributed by atoms with van der Waals surface area (Å²) in [6, 6.07) is 1.87. The Morgan fingerprint density at radius 1 is 1.69 bits per heavy atom.